The summed E-state index contributed by atoms with van der Waals surface area (Å²) in [6, 6.07) is 1.39. The summed E-state index contributed by atoms with van der Waals surface area (Å²) in [5, 5.41) is 9.02. The van der Waals surface area contributed by atoms with E-state index in [0.29, 0.717) is 6.29 Å². The average Bonchev–Trinajstić information content (AvgIpc) is 2.65. The van der Waals surface area contributed by atoms with Crippen molar-refractivity contribution in [3.05, 3.63) is 22.6 Å². The average molecular weight is 317 g/mol. The highest BCUT2D eigenvalue weighted by atomic mass is 35.5. The van der Waals surface area contributed by atoms with Crippen molar-refractivity contribution in [2.75, 3.05) is 0 Å². The minimum absolute atomic E-state index is 0.00519. The van der Waals surface area contributed by atoms with Crippen LogP contribution in [0.4, 0.5) is 0 Å². The Morgan fingerprint density at radius 3 is 2.52 bits per heavy atom. The quantitative estimate of drug-likeness (QED) is 0.640. The molecule has 1 N–H and O–H groups in total. The van der Waals surface area contributed by atoms with Gasteiger partial charge in [0, 0.05) is 6.42 Å². The Balaban J connectivity index is 2.89. The third kappa shape index (κ3) is 5.59. The van der Waals surface area contributed by atoms with Gasteiger partial charge in [-0.05, 0) is 26.8 Å². The fourth-order valence-corrected chi connectivity index (χ4v) is 1.90. The molecule has 0 amide bonds. The molecule has 1 atom stereocenters. The van der Waals surface area contributed by atoms with E-state index in [1.54, 1.807) is 20.8 Å². The highest BCUT2D eigenvalue weighted by molar-refractivity contribution is 6.32. The lowest BCUT2D eigenvalue weighted by Crippen LogP contribution is -2.31. The zero-order valence-electron chi connectivity index (χ0n) is 12.0. The monoisotopic (exact) mass is 316 g/mol. The van der Waals surface area contributed by atoms with Crippen LogP contribution in [0.15, 0.2) is 10.5 Å². The van der Waals surface area contributed by atoms with Gasteiger partial charge in [-0.3, -0.25) is 14.4 Å². The van der Waals surface area contributed by atoms with Gasteiger partial charge in [-0.25, -0.2) is 0 Å². The lowest BCUT2D eigenvalue weighted by atomic mass is 9.99. The van der Waals surface area contributed by atoms with Crippen LogP contribution in [0.2, 0.25) is 5.02 Å². The molecule has 0 radical (unpaired) electrons. The van der Waals surface area contributed by atoms with Gasteiger partial charge >= 0.3 is 11.9 Å². The Bertz CT molecular complexity index is 540. The normalized spacial score (nSPS) is 12.8. The molecule has 116 valence electrons. The van der Waals surface area contributed by atoms with Crippen molar-refractivity contribution in [3.63, 3.8) is 0 Å². The van der Waals surface area contributed by atoms with Crippen LogP contribution < -0.4 is 0 Å². The maximum Gasteiger partial charge on any atom is 0.310 e. The first-order valence-electron chi connectivity index (χ1n) is 6.30. The number of furan rings is 1. The van der Waals surface area contributed by atoms with Gasteiger partial charge in [0.1, 0.15) is 11.4 Å². The molecule has 1 aromatic rings. The lowest BCUT2D eigenvalue weighted by Gasteiger charge is -2.23. The van der Waals surface area contributed by atoms with Crippen molar-refractivity contribution in [2.24, 2.45) is 5.92 Å². The molecule has 0 fully saturated rings. The van der Waals surface area contributed by atoms with Gasteiger partial charge in [-0.1, -0.05) is 11.6 Å². The summed E-state index contributed by atoms with van der Waals surface area (Å²) in [4.78, 5) is 33.6. The molecule has 7 heteroatoms. The summed E-state index contributed by atoms with van der Waals surface area (Å²) < 4.78 is 10.3. The van der Waals surface area contributed by atoms with E-state index in [4.69, 9.17) is 25.9 Å². The minimum Gasteiger partial charge on any atom is -0.481 e. The number of ether oxygens (including phenoxy) is 1. The largest absolute Gasteiger partial charge is 0.481 e. The van der Waals surface area contributed by atoms with Crippen LogP contribution in [0.25, 0.3) is 0 Å². The summed E-state index contributed by atoms with van der Waals surface area (Å²) in [5.41, 5.74) is -0.720. The van der Waals surface area contributed by atoms with Crippen LogP contribution in [0, 0.1) is 5.92 Å². The van der Waals surface area contributed by atoms with Gasteiger partial charge in [-0.2, -0.15) is 0 Å². The molecular formula is C14H17ClO6. The Morgan fingerprint density at radius 2 is 2.10 bits per heavy atom. The van der Waals surface area contributed by atoms with Crippen molar-refractivity contribution in [1.29, 1.82) is 0 Å². The predicted molar refractivity (Wildman–Crippen MR) is 74.4 cm³/mol. The second-order valence-electron chi connectivity index (χ2n) is 5.58. The number of halogens is 1. The Labute approximate surface area is 127 Å². The number of aldehydes is 1. The van der Waals surface area contributed by atoms with E-state index in [-0.39, 0.29) is 23.0 Å². The number of esters is 1. The standard InChI is InChI=1S/C14H17ClO6/c1-14(2,3)21-13(19)8(5-12(17)18)4-9-6-10(15)11(7-16)20-9/h6-8H,4-5H2,1-3H3,(H,17,18). The zero-order valence-corrected chi connectivity index (χ0v) is 12.8. The molecule has 0 aliphatic rings. The molecule has 21 heavy (non-hydrogen) atoms. The van der Waals surface area contributed by atoms with Crippen LogP contribution >= 0.6 is 11.6 Å². The van der Waals surface area contributed by atoms with Crippen molar-refractivity contribution in [1.82, 2.24) is 0 Å². The summed E-state index contributed by atoms with van der Waals surface area (Å²) in [7, 11) is 0. The van der Waals surface area contributed by atoms with E-state index in [9.17, 15) is 14.4 Å². The van der Waals surface area contributed by atoms with Crippen molar-refractivity contribution in [2.45, 2.75) is 39.2 Å². The molecule has 1 aromatic heterocycles. The Morgan fingerprint density at radius 1 is 1.48 bits per heavy atom. The van der Waals surface area contributed by atoms with E-state index < -0.39 is 29.9 Å². The van der Waals surface area contributed by atoms with E-state index in [0.717, 1.165) is 0 Å². The van der Waals surface area contributed by atoms with Crippen LogP contribution in [-0.4, -0.2) is 28.9 Å². The predicted octanol–water partition coefficient (Wildman–Crippen LogP) is 2.72. The second kappa shape index (κ2) is 6.76. The van der Waals surface area contributed by atoms with Crippen LogP contribution in [-0.2, 0) is 20.7 Å². The molecule has 6 nitrogen and oxygen atoms in total. The maximum atomic E-state index is 12.0. The first-order valence-corrected chi connectivity index (χ1v) is 6.68. The van der Waals surface area contributed by atoms with Gasteiger partial charge in [0.2, 0.25) is 0 Å². The Hall–Kier alpha value is -1.82. The number of carboxylic acids is 1. The van der Waals surface area contributed by atoms with E-state index >= 15 is 0 Å². The topological polar surface area (TPSA) is 93.8 Å². The molecule has 0 aromatic carbocycles. The smallest absolute Gasteiger partial charge is 0.310 e. The number of aliphatic carboxylic acids is 1. The number of carboxylic acid groups (broad SMARTS) is 1. The molecule has 0 saturated carbocycles. The van der Waals surface area contributed by atoms with Crippen LogP contribution in [0.1, 0.15) is 43.5 Å². The van der Waals surface area contributed by atoms with Crippen LogP contribution in [0.3, 0.4) is 0 Å². The third-order valence-corrected chi connectivity index (χ3v) is 2.78. The molecule has 0 aliphatic heterocycles. The van der Waals surface area contributed by atoms with E-state index in [2.05, 4.69) is 0 Å². The van der Waals surface area contributed by atoms with Gasteiger partial charge in [0.05, 0.1) is 17.4 Å². The highest BCUT2D eigenvalue weighted by Gasteiger charge is 2.29. The fourth-order valence-electron chi connectivity index (χ4n) is 1.69. The van der Waals surface area contributed by atoms with Crippen LogP contribution in [0.5, 0.6) is 0 Å². The molecular weight excluding hydrogens is 300 g/mol. The van der Waals surface area contributed by atoms with E-state index in [1.165, 1.54) is 6.07 Å². The zero-order chi connectivity index (χ0) is 16.2. The first kappa shape index (κ1) is 17.2. The van der Waals surface area contributed by atoms with Gasteiger partial charge in [0.15, 0.2) is 12.0 Å². The van der Waals surface area contributed by atoms with Crippen molar-refractivity contribution >= 4 is 29.8 Å². The van der Waals surface area contributed by atoms with Gasteiger partial charge < -0.3 is 14.3 Å². The lowest BCUT2D eigenvalue weighted by molar-refractivity contribution is -0.163. The van der Waals surface area contributed by atoms with E-state index in [1.807, 2.05) is 0 Å². The molecule has 0 bridgehead atoms. The number of hydrogen-bond donors (Lipinski definition) is 1. The van der Waals surface area contributed by atoms with Crippen molar-refractivity contribution < 1.29 is 28.6 Å². The molecule has 1 rings (SSSR count). The fraction of sp³-hybridized carbons (Fsp3) is 0.500. The molecule has 0 spiro atoms. The minimum atomic E-state index is -1.13. The number of carbonyl (C=O) groups excluding carboxylic acids is 2. The molecule has 0 saturated heterocycles. The first-order chi connectivity index (χ1) is 9.62. The molecule has 0 aliphatic carbocycles. The Kier molecular flexibility index (Phi) is 5.54. The number of rotatable bonds is 6. The third-order valence-electron chi connectivity index (χ3n) is 2.48. The summed E-state index contributed by atoms with van der Waals surface area (Å²) >= 11 is 5.76. The SMILES string of the molecule is CC(C)(C)OC(=O)C(CC(=O)O)Cc1cc(Cl)c(C=O)o1. The number of hydrogen-bond acceptors (Lipinski definition) is 5. The second-order valence-corrected chi connectivity index (χ2v) is 5.98. The van der Waals surface area contributed by atoms with Gasteiger partial charge in [0.25, 0.3) is 0 Å². The van der Waals surface area contributed by atoms with Crippen molar-refractivity contribution in [3.8, 4) is 0 Å². The number of carbonyl (C=O) groups is 3. The summed E-state index contributed by atoms with van der Waals surface area (Å²) in [6.45, 7) is 5.07. The molecule has 1 heterocycles. The van der Waals surface area contributed by atoms with Gasteiger partial charge in [-0.15, -0.1) is 0 Å². The summed E-state index contributed by atoms with van der Waals surface area (Å²) in [5.74, 6) is -2.46. The summed E-state index contributed by atoms with van der Waals surface area (Å²) in [6.07, 6.45) is 0.0456. The molecule has 1 unspecified atom stereocenters. The maximum absolute atomic E-state index is 12.0. The highest BCUT2D eigenvalue weighted by Crippen LogP contribution is 2.24.